The van der Waals surface area contributed by atoms with Crippen LogP contribution in [-0.4, -0.2) is 27.3 Å². The molecular weight excluding hydrogens is 365 g/mol. The van der Waals surface area contributed by atoms with Gasteiger partial charge < -0.3 is 14.6 Å². The van der Waals surface area contributed by atoms with Crippen molar-refractivity contribution in [1.29, 1.82) is 0 Å². The minimum atomic E-state index is -0.422. The topological polar surface area (TPSA) is 67.3 Å². The molecule has 1 fully saturated rings. The van der Waals surface area contributed by atoms with E-state index >= 15 is 0 Å². The van der Waals surface area contributed by atoms with Crippen molar-refractivity contribution in [3.05, 3.63) is 41.6 Å². The Kier molecular flexibility index (Phi) is 5.98. The molecule has 1 aliphatic rings. The van der Waals surface area contributed by atoms with Gasteiger partial charge >= 0.3 is 0 Å². The van der Waals surface area contributed by atoms with E-state index in [1.165, 1.54) is 18.5 Å². The van der Waals surface area contributed by atoms with E-state index in [0.717, 1.165) is 18.4 Å². The molecule has 1 aliphatic carbocycles. The van der Waals surface area contributed by atoms with E-state index in [0.29, 0.717) is 34.3 Å². The van der Waals surface area contributed by atoms with Gasteiger partial charge in [0, 0.05) is 12.3 Å². The summed E-state index contributed by atoms with van der Waals surface area (Å²) in [6.07, 6.45) is 4.75. The predicted octanol–water partition coefficient (Wildman–Crippen LogP) is 4.32. The molecule has 0 saturated heterocycles. The minimum Gasteiger partial charge on any atom is -0.488 e. The highest BCUT2D eigenvalue weighted by Crippen LogP contribution is 2.36. The first-order chi connectivity index (χ1) is 12.0. The molecule has 1 unspecified atom stereocenters. The second-order valence-electron chi connectivity index (χ2n) is 6.11. The summed E-state index contributed by atoms with van der Waals surface area (Å²) < 4.78 is 23.2. The van der Waals surface area contributed by atoms with E-state index in [-0.39, 0.29) is 18.1 Å². The van der Waals surface area contributed by atoms with Gasteiger partial charge in [-0.3, -0.25) is 0 Å². The molecule has 0 bridgehead atoms. The van der Waals surface area contributed by atoms with Gasteiger partial charge in [0.1, 0.15) is 29.8 Å². The summed E-state index contributed by atoms with van der Waals surface area (Å²) in [6, 6.07) is 4.53. The molecule has 5 nitrogen and oxygen atoms in total. The standard InChI is InChI=1S/C17H19ClFN3O2S/c1-10-6-11(23)2-3-14(10)24-15-8-13(19)16(7-12(15)18)25-22-17-4-5-20-9-21-17/h4-5,7-11,14,23H,2-3,6H2,1H3,(H,20,21,22)/t10?,11-,14+/m1/s1. The highest BCUT2D eigenvalue weighted by molar-refractivity contribution is 8.00. The number of aromatic nitrogens is 2. The molecule has 0 radical (unpaired) electrons. The van der Waals surface area contributed by atoms with Crippen LogP contribution in [0.3, 0.4) is 0 Å². The Hall–Kier alpha value is -1.57. The number of nitrogens with one attached hydrogen (secondary N) is 1. The van der Waals surface area contributed by atoms with Crippen molar-refractivity contribution in [3.8, 4) is 5.75 Å². The van der Waals surface area contributed by atoms with Crippen LogP contribution in [0.4, 0.5) is 10.2 Å². The van der Waals surface area contributed by atoms with E-state index in [9.17, 15) is 9.50 Å². The molecule has 0 spiro atoms. The van der Waals surface area contributed by atoms with Crippen molar-refractivity contribution in [2.75, 3.05) is 4.72 Å². The quantitative estimate of drug-likeness (QED) is 0.749. The maximum Gasteiger partial charge on any atom is 0.142 e. The smallest absolute Gasteiger partial charge is 0.142 e. The molecule has 2 aromatic rings. The van der Waals surface area contributed by atoms with Gasteiger partial charge in [-0.05, 0) is 49.3 Å². The van der Waals surface area contributed by atoms with Crippen LogP contribution in [0.1, 0.15) is 26.2 Å². The number of hydrogen-bond acceptors (Lipinski definition) is 6. The Labute approximate surface area is 155 Å². The molecule has 8 heteroatoms. The van der Waals surface area contributed by atoms with Crippen LogP contribution < -0.4 is 9.46 Å². The van der Waals surface area contributed by atoms with Crippen LogP contribution in [0.5, 0.6) is 5.75 Å². The summed E-state index contributed by atoms with van der Waals surface area (Å²) in [7, 11) is 0. The van der Waals surface area contributed by atoms with Crippen LogP contribution in [0.2, 0.25) is 5.02 Å². The van der Waals surface area contributed by atoms with Crippen molar-refractivity contribution >= 4 is 29.4 Å². The maximum atomic E-state index is 14.4. The number of aliphatic hydroxyl groups excluding tert-OH is 1. The molecule has 0 amide bonds. The summed E-state index contributed by atoms with van der Waals surface area (Å²) in [6.45, 7) is 2.02. The molecule has 2 N–H and O–H groups in total. The first-order valence-corrected chi connectivity index (χ1v) is 9.25. The third kappa shape index (κ3) is 4.74. The number of ether oxygens (including phenoxy) is 1. The summed E-state index contributed by atoms with van der Waals surface area (Å²) in [5.74, 6) is 0.676. The van der Waals surface area contributed by atoms with E-state index in [1.54, 1.807) is 12.3 Å². The lowest BCUT2D eigenvalue weighted by atomic mass is 9.86. The lowest BCUT2D eigenvalue weighted by molar-refractivity contribution is 0.0277. The van der Waals surface area contributed by atoms with E-state index in [1.807, 2.05) is 6.92 Å². The normalized spacial score (nSPS) is 23.3. The molecule has 3 rings (SSSR count). The average molecular weight is 384 g/mol. The Morgan fingerprint density at radius 2 is 2.24 bits per heavy atom. The zero-order valence-electron chi connectivity index (χ0n) is 13.7. The fraction of sp³-hybridized carbons (Fsp3) is 0.412. The van der Waals surface area contributed by atoms with Crippen LogP contribution in [0.25, 0.3) is 0 Å². The monoisotopic (exact) mass is 383 g/mol. The number of halogens is 2. The van der Waals surface area contributed by atoms with E-state index in [4.69, 9.17) is 16.3 Å². The highest BCUT2D eigenvalue weighted by Gasteiger charge is 2.28. The van der Waals surface area contributed by atoms with Gasteiger partial charge in [-0.2, -0.15) is 0 Å². The molecule has 0 aliphatic heterocycles. The summed E-state index contributed by atoms with van der Waals surface area (Å²) in [5.41, 5.74) is 0. The lowest BCUT2D eigenvalue weighted by Crippen LogP contribution is -2.34. The minimum absolute atomic E-state index is 0.0713. The number of benzene rings is 1. The van der Waals surface area contributed by atoms with Crippen molar-refractivity contribution in [2.24, 2.45) is 5.92 Å². The van der Waals surface area contributed by atoms with Crippen LogP contribution in [-0.2, 0) is 0 Å². The maximum absolute atomic E-state index is 14.4. The summed E-state index contributed by atoms with van der Waals surface area (Å²) in [4.78, 5) is 8.18. The predicted molar refractivity (Wildman–Crippen MR) is 96.4 cm³/mol. The fourth-order valence-electron chi connectivity index (χ4n) is 2.82. The zero-order valence-corrected chi connectivity index (χ0v) is 15.2. The van der Waals surface area contributed by atoms with Gasteiger partial charge in [0.15, 0.2) is 0 Å². The third-order valence-electron chi connectivity index (χ3n) is 4.18. The van der Waals surface area contributed by atoms with Crippen LogP contribution >= 0.6 is 23.5 Å². The Morgan fingerprint density at radius 3 is 2.96 bits per heavy atom. The number of anilines is 1. The molecule has 1 saturated carbocycles. The second kappa shape index (κ2) is 8.21. The first-order valence-electron chi connectivity index (χ1n) is 8.05. The fourth-order valence-corrected chi connectivity index (χ4v) is 3.76. The van der Waals surface area contributed by atoms with Gasteiger partial charge in [0.05, 0.1) is 16.0 Å². The Bertz CT molecular complexity index is 723. The molecule has 1 heterocycles. The number of rotatable bonds is 5. The second-order valence-corrected chi connectivity index (χ2v) is 7.37. The molecule has 134 valence electrons. The third-order valence-corrected chi connectivity index (χ3v) is 5.31. The first kappa shape index (κ1) is 18.2. The number of hydrogen-bond donors (Lipinski definition) is 2. The Morgan fingerprint density at radius 1 is 1.40 bits per heavy atom. The van der Waals surface area contributed by atoms with E-state index in [2.05, 4.69) is 14.7 Å². The largest absolute Gasteiger partial charge is 0.488 e. The van der Waals surface area contributed by atoms with Crippen molar-refractivity contribution in [3.63, 3.8) is 0 Å². The van der Waals surface area contributed by atoms with Crippen molar-refractivity contribution in [2.45, 2.75) is 43.3 Å². The van der Waals surface area contributed by atoms with Crippen molar-refractivity contribution in [1.82, 2.24) is 9.97 Å². The van der Waals surface area contributed by atoms with Crippen LogP contribution in [0, 0.1) is 11.7 Å². The van der Waals surface area contributed by atoms with Gasteiger partial charge in [0.25, 0.3) is 0 Å². The van der Waals surface area contributed by atoms with E-state index < -0.39 is 5.82 Å². The summed E-state index contributed by atoms with van der Waals surface area (Å²) in [5, 5.41) is 10.0. The SMILES string of the molecule is CC1C[C@H](O)CC[C@@H]1Oc1cc(F)c(SNc2ccncn2)cc1Cl. The lowest BCUT2D eigenvalue weighted by Gasteiger charge is -2.32. The average Bonchev–Trinajstić information content (AvgIpc) is 2.60. The highest BCUT2D eigenvalue weighted by atomic mass is 35.5. The summed E-state index contributed by atoms with van der Waals surface area (Å²) >= 11 is 7.35. The molecular formula is C17H19ClFN3O2S. The van der Waals surface area contributed by atoms with Gasteiger partial charge in [-0.1, -0.05) is 18.5 Å². The van der Waals surface area contributed by atoms with Crippen LogP contribution in [0.15, 0.2) is 35.6 Å². The van der Waals surface area contributed by atoms with Crippen molar-refractivity contribution < 1.29 is 14.2 Å². The Balaban J connectivity index is 1.67. The van der Waals surface area contributed by atoms with Gasteiger partial charge in [-0.25, -0.2) is 14.4 Å². The molecule has 25 heavy (non-hydrogen) atoms. The number of nitrogens with zero attached hydrogens (tertiary/aromatic N) is 2. The van der Waals surface area contributed by atoms with Gasteiger partial charge in [-0.15, -0.1) is 0 Å². The molecule has 1 aromatic heterocycles. The van der Waals surface area contributed by atoms with Gasteiger partial charge in [0.2, 0.25) is 0 Å². The number of aliphatic hydroxyl groups is 1. The molecule has 3 atom stereocenters. The molecule has 1 aromatic carbocycles. The zero-order chi connectivity index (χ0) is 17.8.